The molecule has 0 fully saturated rings. The molecule has 2 aromatic rings. The molecule has 0 aromatic heterocycles. The molecule has 0 unspecified atom stereocenters. The van der Waals surface area contributed by atoms with Crippen LogP contribution in [-0.2, 0) is 11.4 Å². The smallest absolute Gasteiger partial charge is 0.100 e. The molecule has 0 amide bonds. The van der Waals surface area contributed by atoms with Crippen molar-refractivity contribution in [2.75, 3.05) is 0 Å². The Morgan fingerprint density at radius 1 is 1.00 bits per heavy atom. The van der Waals surface area contributed by atoms with Crippen LogP contribution >= 0.6 is 22.6 Å². The quantitative estimate of drug-likeness (QED) is 0.595. The lowest BCUT2D eigenvalue weighted by atomic mass is 10.0. The van der Waals surface area contributed by atoms with Crippen LogP contribution in [0.3, 0.4) is 0 Å². The van der Waals surface area contributed by atoms with Gasteiger partial charge in [0.05, 0.1) is 11.4 Å². The van der Waals surface area contributed by atoms with Crippen molar-refractivity contribution in [3.8, 4) is 0 Å². The summed E-state index contributed by atoms with van der Waals surface area (Å²) >= 11 is 2.30. The summed E-state index contributed by atoms with van der Waals surface area (Å²) in [5, 5.41) is 1.86. The number of benzene rings is 2. The van der Waals surface area contributed by atoms with Crippen LogP contribution in [0, 0.1) is 0 Å². The van der Waals surface area contributed by atoms with Crippen LogP contribution in [0.1, 0.15) is 18.1 Å². The first-order valence-corrected chi connectivity index (χ1v) is 8.54. The summed E-state index contributed by atoms with van der Waals surface area (Å²) in [6.07, 6.45) is 2.15. The van der Waals surface area contributed by atoms with Crippen molar-refractivity contribution in [2.45, 2.75) is 13.5 Å². The van der Waals surface area contributed by atoms with Gasteiger partial charge in [0.25, 0.3) is 0 Å². The highest BCUT2D eigenvalue weighted by atomic mass is 127. The van der Waals surface area contributed by atoms with E-state index in [2.05, 4.69) is 66.4 Å². The Hall–Kier alpha value is -1.85. The highest BCUT2D eigenvalue weighted by Gasteiger charge is 2.24. The predicted molar refractivity (Wildman–Crippen MR) is 103 cm³/mol. The largest absolute Gasteiger partial charge is 0.264 e. The Morgan fingerprint density at radius 2 is 1.61 bits per heavy atom. The van der Waals surface area contributed by atoms with Gasteiger partial charge in [0.1, 0.15) is 6.61 Å². The Balaban J connectivity index is 1.92. The number of halogens is 1. The lowest BCUT2D eigenvalue weighted by molar-refractivity contribution is -0.0917. The molecule has 0 spiro atoms. The molecule has 0 saturated carbocycles. The molecule has 2 aromatic carbocycles. The molecule has 0 radical (unpaired) electrons. The van der Waals surface area contributed by atoms with E-state index in [1.807, 2.05) is 41.5 Å². The molecule has 0 N–H and O–H groups in total. The summed E-state index contributed by atoms with van der Waals surface area (Å²) in [5.41, 5.74) is 5.34. The summed E-state index contributed by atoms with van der Waals surface area (Å²) in [5.74, 6) is 0. The number of rotatable bonds is 4. The van der Waals surface area contributed by atoms with Crippen molar-refractivity contribution in [3.05, 3.63) is 99.3 Å². The van der Waals surface area contributed by atoms with E-state index in [-0.39, 0.29) is 0 Å². The van der Waals surface area contributed by atoms with Gasteiger partial charge in [-0.2, -0.15) is 0 Å². The Labute approximate surface area is 150 Å². The highest BCUT2D eigenvalue weighted by Crippen LogP contribution is 2.37. The first-order valence-electron chi connectivity index (χ1n) is 7.46. The Bertz CT molecular complexity index is 763. The molecule has 0 aliphatic carbocycles. The summed E-state index contributed by atoms with van der Waals surface area (Å²) in [7, 11) is 0. The number of nitrogens with zero attached hydrogens (tertiary/aromatic N) is 1. The van der Waals surface area contributed by atoms with Crippen molar-refractivity contribution in [3.63, 3.8) is 0 Å². The van der Waals surface area contributed by atoms with Crippen LogP contribution in [-0.4, -0.2) is 5.06 Å². The second kappa shape index (κ2) is 7.15. The minimum Gasteiger partial charge on any atom is -0.264 e. The summed E-state index contributed by atoms with van der Waals surface area (Å²) in [6, 6.07) is 20.5. The fourth-order valence-electron chi connectivity index (χ4n) is 2.53. The van der Waals surface area contributed by atoms with E-state index in [0.29, 0.717) is 6.61 Å². The van der Waals surface area contributed by atoms with Gasteiger partial charge >= 0.3 is 0 Å². The van der Waals surface area contributed by atoms with Gasteiger partial charge in [-0.3, -0.25) is 4.84 Å². The van der Waals surface area contributed by atoms with Gasteiger partial charge in [-0.15, -0.1) is 0 Å². The average Bonchev–Trinajstić information content (AvgIpc) is 2.58. The van der Waals surface area contributed by atoms with Crippen molar-refractivity contribution < 1.29 is 4.84 Å². The minimum atomic E-state index is 0.507. The molecule has 1 aliphatic rings. The molecule has 0 atom stereocenters. The van der Waals surface area contributed by atoms with Crippen LogP contribution in [0.25, 0.3) is 5.70 Å². The van der Waals surface area contributed by atoms with E-state index in [9.17, 15) is 0 Å². The third kappa shape index (κ3) is 3.57. The van der Waals surface area contributed by atoms with Gasteiger partial charge in [-0.05, 0) is 46.7 Å². The van der Waals surface area contributed by atoms with E-state index < -0.39 is 0 Å². The summed E-state index contributed by atoms with van der Waals surface area (Å²) < 4.78 is 1.09. The molecule has 116 valence electrons. The van der Waals surface area contributed by atoms with Gasteiger partial charge in [0.2, 0.25) is 0 Å². The fraction of sp³-hybridized carbons (Fsp3) is 0.100. The minimum absolute atomic E-state index is 0.507. The molecule has 3 rings (SSSR count). The first kappa shape index (κ1) is 16.0. The predicted octanol–water partition coefficient (Wildman–Crippen LogP) is 5.70. The summed E-state index contributed by atoms with van der Waals surface area (Å²) in [4.78, 5) is 6.12. The standard InChI is InChI=1S/C20H18INO/c1-15-13-19(21)16(2)22(20(15)18-11-7-4-8-12-18)23-14-17-9-5-3-6-10-17/h3-13H,2,14H2,1H3. The maximum absolute atomic E-state index is 6.12. The first-order chi connectivity index (χ1) is 11.2. The van der Waals surface area contributed by atoms with Gasteiger partial charge in [0, 0.05) is 9.14 Å². The van der Waals surface area contributed by atoms with Crippen LogP contribution < -0.4 is 0 Å². The molecule has 1 heterocycles. The lowest BCUT2D eigenvalue weighted by Crippen LogP contribution is -2.25. The monoisotopic (exact) mass is 415 g/mol. The van der Waals surface area contributed by atoms with E-state index in [1.165, 1.54) is 5.57 Å². The zero-order valence-electron chi connectivity index (χ0n) is 13.0. The average molecular weight is 415 g/mol. The second-order valence-corrected chi connectivity index (χ2v) is 6.55. The highest BCUT2D eigenvalue weighted by molar-refractivity contribution is 14.1. The van der Waals surface area contributed by atoms with Crippen LogP contribution in [0.15, 0.2) is 88.2 Å². The van der Waals surface area contributed by atoms with Crippen molar-refractivity contribution in [2.24, 2.45) is 0 Å². The van der Waals surface area contributed by atoms with E-state index >= 15 is 0 Å². The third-order valence-corrected chi connectivity index (χ3v) is 4.63. The third-order valence-electron chi connectivity index (χ3n) is 3.69. The van der Waals surface area contributed by atoms with Gasteiger partial charge in [-0.25, -0.2) is 5.06 Å². The van der Waals surface area contributed by atoms with Gasteiger partial charge in [-0.1, -0.05) is 67.2 Å². The van der Waals surface area contributed by atoms with Crippen molar-refractivity contribution >= 4 is 28.3 Å². The van der Waals surface area contributed by atoms with E-state index in [1.54, 1.807) is 0 Å². The SMILES string of the molecule is C=C1C(I)=CC(C)=C(c2ccccc2)N1OCc1ccccc1. The van der Waals surface area contributed by atoms with Crippen LogP contribution in [0.2, 0.25) is 0 Å². The zero-order chi connectivity index (χ0) is 16.2. The molecule has 2 nitrogen and oxygen atoms in total. The molecular weight excluding hydrogens is 397 g/mol. The van der Waals surface area contributed by atoms with Crippen LogP contribution in [0.4, 0.5) is 0 Å². The van der Waals surface area contributed by atoms with Gasteiger partial charge in [0.15, 0.2) is 0 Å². The number of hydroxylamine groups is 2. The normalized spacial score (nSPS) is 15.0. The van der Waals surface area contributed by atoms with Crippen LogP contribution in [0.5, 0.6) is 0 Å². The molecular formula is C20H18INO. The Kier molecular flexibility index (Phi) is 4.98. The number of allylic oxidation sites excluding steroid dienone is 3. The molecule has 3 heteroatoms. The lowest BCUT2D eigenvalue weighted by Gasteiger charge is -2.32. The van der Waals surface area contributed by atoms with Gasteiger partial charge < -0.3 is 0 Å². The maximum Gasteiger partial charge on any atom is 0.100 e. The van der Waals surface area contributed by atoms with Crippen molar-refractivity contribution in [1.82, 2.24) is 5.06 Å². The molecule has 23 heavy (non-hydrogen) atoms. The van der Waals surface area contributed by atoms with E-state index in [0.717, 1.165) is 26.1 Å². The molecule has 0 saturated heterocycles. The maximum atomic E-state index is 6.12. The Morgan fingerprint density at radius 3 is 2.26 bits per heavy atom. The zero-order valence-corrected chi connectivity index (χ0v) is 15.2. The fourth-order valence-corrected chi connectivity index (χ4v) is 3.22. The number of hydrogen-bond acceptors (Lipinski definition) is 2. The van der Waals surface area contributed by atoms with E-state index in [4.69, 9.17) is 4.84 Å². The topological polar surface area (TPSA) is 12.5 Å². The molecule has 0 bridgehead atoms. The second-order valence-electron chi connectivity index (χ2n) is 5.39. The molecule has 1 aliphatic heterocycles. The summed E-state index contributed by atoms with van der Waals surface area (Å²) in [6.45, 7) is 6.80. The van der Waals surface area contributed by atoms with Crippen molar-refractivity contribution in [1.29, 1.82) is 0 Å². The number of hydrogen-bond donors (Lipinski definition) is 0.